The zero-order valence-corrected chi connectivity index (χ0v) is 8.83. The zero-order chi connectivity index (χ0) is 10.1. The molecule has 1 saturated carbocycles. The molecule has 1 aliphatic carbocycles. The third-order valence-corrected chi connectivity index (χ3v) is 2.79. The molecule has 0 aromatic carbocycles. The summed E-state index contributed by atoms with van der Waals surface area (Å²) in [7, 11) is 0. The van der Waals surface area contributed by atoms with E-state index in [1.165, 1.54) is 12.8 Å². The second-order valence-electron chi connectivity index (χ2n) is 3.88. The molecule has 0 amide bonds. The van der Waals surface area contributed by atoms with Gasteiger partial charge in [-0.3, -0.25) is 0 Å². The molecule has 76 valence electrons. The van der Waals surface area contributed by atoms with Crippen LogP contribution in [0.4, 0.5) is 11.5 Å². The van der Waals surface area contributed by atoms with Crippen molar-refractivity contribution < 1.29 is 0 Å². The molecule has 1 aromatic heterocycles. The number of hydrogen-bond donors (Lipinski definition) is 1. The molecule has 0 spiro atoms. The Morgan fingerprint density at radius 3 is 2.86 bits per heavy atom. The van der Waals surface area contributed by atoms with Crippen molar-refractivity contribution in [1.29, 1.82) is 0 Å². The maximum Gasteiger partial charge on any atom is 0.152 e. The first-order chi connectivity index (χ1) is 6.74. The number of rotatable bonds is 3. The Balaban J connectivity index is 2.33. The van der Waals surface area contributed by atoms with E-state index in [1.807, 2.05) is 19.2 Å². The number of aromatic nitrogens is 1. The fraction of sp³-hybridized carbons (Fsp3) is 0.545. The standard InChI is InChI=1S/C11H17N3/c1-3-14(9-4-5-9)11-10(12)8(2)6-7-13-11/h6-7,9H,3-5,12H2,1-2H3. The molecule has 1 aromatic rings. The van der Waals surface area contributed by atoms with E-state index in [9.17, 15) is 0 Å². The van der Waals surface area contributed by atoms with Crippen LogP contribution in [-0.4, -0.2) is 17.6 Å². The Bertz CT molecular complexity index is 331. The van der Waals surface area contributed by atoms with E-state index in [4.69, 9.17) is 5.73 Å². The van der Waals surface area contributed by atoms with Gasteiger partial charge in [-0.25, -0.2) is 4.98 Å². The van der Waals surface area contributed by atoms with Crippen molar-refractivity contribution >= 4 is 11.5 Å². The van der Waals surface area contributed by atoms with Crippen LogP contribution >= 0.6 is 0 Å². The second kappa shape index (κ2) is 3.48. The quantitative estimate of drug-likeness (QED) is 0.794. The van der Waals surface area contributed by atoms with Crippen molar-refractivity contribution in [3.05, 3.63) is 17.8 Å². The smallest absolute Gasteiger partial charge is 0.152 e. The molecular weight excluding hydrogens is 174 g/mol. The van der Waals surface area contributed by atoms with Gasteiger partial charge in [-0.1, -0.05) is 0 Å². The monoisotopic (exact) mass is 191 g/mol. The summed E-state index contributed by atoms with van der Waals surface area (Å²) in [6, 6.07) is 2.64. The summed E-state index contributed by atoms with van der Waals surface area (Å²) >= 11 is 0. The Labute approximate surface area is 84.9 Å². The van der Waals surface area contributed by atoms with Gasteiger partial charge in [-0.2, -0.15) is 0 Å². The molecule has 0 unspecified atom stereocenters. The highest BCUT2D eigenvalue weighted by Gasteiger charge is 2.29. The fourth-order valence-electron chi connectivity index (χ4n) is 1.75. The van der Waals surface area contributed by atoms with E-state index >= 15 is 0 Å². The molecule has 0 radical (unpaired) electrons. The largest absolute Gasteiger partial charge is 0.396 e. The highest BCUT2D eigenvalue weighted by Crippen LogP contribution is 2.33. The number of nitrogen functional groups attached to an aromatic ring is 1. The van der Waals surface area contributed by atoms with Gasteiger partial charge in [0.05, 0.1) is 5.69 Å². The van der Waals surface area contributed by atoms with Crippen molar-refractivity contribution in [3.8, 4) is 0 Å². The first-order valence-corrected chi connectivity index (χ1v) is 5.21. The topological polar surface area (TPSA) is 42.2 Å². The number of nitrogens with zero attached hydrogens (tertiary/aromatic N) is 2. The van der Waals surface area contributed by atoms with Crippen molar-refractivity contribution in [3.63, 3.8) is 0 Å². The van der Waals surface area contributed by atoms with Crippen LogP contribution in [0, 0.1) is 6.92 Å². The molecule has 0 aliphatic heterocycles. The van der Waals surface area contributed by atoms with E-state index in [0.717, 1.165) is 23.6 Å². The minimum atomic E-state index is 0.677. The van der Waals surface area contributed by atoms with Crippen LogP contribution in [0.1, 0.15) is 25.3 Å². The Morgan fingerprint density at radius 2 is 2.29 bits per heavy atom. The van der Waals surface area contributed by atoms with Gasteiger partial charge >= 0.3 is 0 Å². The maximum absolute atomic E-state index is 6.02. The van der Waals surface area contributed by atoms with Crippen LogP contribution in [0.2, 0.25) is 0 Å². The number of anilines is 2. The number of aryl methyl sites for hydroxylation is 1. The minimum Gasteiger partial charge on any atom is -0.396 e. The van der Waals surface area contributed by atoms with Crippen LogP contribution in [0.25, 0.3) is 0 Å². The number of nitrogens with two attached hydrogens (primary N) is 1. The predicted molar refractivity (Wildman–Crippen MR) is 59.4 cm³/mol. The lowest BCUT2D eigenvalue weighted by atomic mass is 10.2. The van der Waals surface area contributed by atoms with Crippen LogP contribution in [-0.2, 0) is 0 Å². The normalized spacial score (nSPS) is 15.6. The fourth-order valence-corrected chi connectivity index (χ4v) is 1.75. The SMILES string of the molecule is CCN(c1nccc(C)c1N)C1CC1. The Kier molecular flexibility index (Phi) is 2.32. The average molecular weight is 191 g/mol. The average Bonchev–Trinajstić information content (AvgIpc) is 2.97. The second-order valence-corrected chi connectivity index (χ2v) is 3.88. The third kappa shape index (κ3) is 1.54. The summed E-state index contributed by atoms with van der Waals surface area (Å²) in [5, 5.41) is 0. The summed E-state index contributed by atoms with van der Waals surface area (Å²) in [6.07, 6.45) is 4.40. The molecule has 2 rings (SSSR count). The minimum absolute atomic E-state index is 0.677. The highest BCUT2D eigenvalue weighted by molar-refractivity contribution is 5.67. The van der Waals surface area contributed by atoms with E-state index in [1.54, 1.807) is 0 Å². The molecule has 0 bridgehead atoms. The first-order valence-electron chi connectivity index (χ1n) is 5.21. The molecule has 1 fully saturated rings. The number of hydrogen-bond acceptors (Lipinski definition) is 3. The number of pyridine rings is 1. The zero-order valence-electron chi connectivity index (χ0n) is 8.83. The van der Waals surface area contributed by atoms with E-state index in [-0.39, 0.29) is 0 Å². The van der Waals surface area contributed by atoms with Crippen molar-refractivity contribution in [2.45, 2.75) is 32.7 Å². The van der Waals surface area contributed by atoms with Gasteiger partial charge in [0.25, 0.3) is 0 Å². The lowest BCUT2D eigenvalue weighted by Gasteiger charge is -2.23. The summed E-state index contributed by atoms with van der Waals surface area (Å²) in [5.74, 6) is 0.968. The van der Waals surface area contributed by atoms with Gasteiger partial charge in [0, 0.05) is 18.8 Å². The lowest BCUT2D eigenvalue weighted by molar-refractivity contribution is 0.809. The van der Waals surface area contributed by atoms with E-state index in [0.29, 0.717) is 6.04 Å². The highest BCUT2D eigenvalue weighted by atomic mass is 15.2. The third-order valence-electron chi connectivity index (χ3n) is 2.79. The predicted octanol–water partition coefficient (Wildman–Crippen LogP) is 1.96. The van der Waals surface area contributed by atoms with Crippen LogP contribution in [0.15, 0.2) is 12.3 Å². The van der Waals surface area contributed by atoms with Crippen molar-refractivity contribution in [2.75, 3.05) is 17.2 Å². The molecule has 14 heavy (non-hydrogen) atoms. The van der Waals surface area contributed by atoms with Crippen molar-refractivity contribution in [2.24, 2.45) is 0 Å². The van der Waals surface area contributed by atoms with Gasteiger partial charge in [0.2, 0.25) is 0 Å². The van der Waals surface area contributed by atoms with Gasteiger partial charge in [0.15, 0.2) is 5.82 Å². The first kappa shape index (κ1) is 9.31. The van der Waals surface area contributed by atoms with Gasteiger partial charge in [0.1, 0.15) is 0 Å². The summed E-state index contributed by atoms with van der Waals surface area (Å²) in [6.45, 7) is 5.17. The molecule has 3 heteroatoms. The Hall–Kier alpha value is -1.25. The Morgan fingerprint density at radius 1 is 1.57 bits per heavy atom. The molecule has 0 atom stereocenters. The van der Waals surface area contributed by atoms with Gasteiger partial charge in [-0.15, -0.1) is 0 Å². The maximum atomic E-state index is 6.02. The van der Waals surface area contributed by atoms with E-state index in [2.05, 4.69) is 16.8 Å². The molecule has 2 N–H and O–H groups in total. The summed E-state index contributed by atoms with van der Waals surface area (Å²) in [5.41, 5.74) is 7.97. The van der Waals surface area contributed by atoms with E-state index < -0.39 is 0 Å². The van der Waals surface area contributed by atoms with Gasteiger partial charge < -0.3 is 10.6 Å². The molecule has 1 aliphatic rings. The molecular formula is C11H17N3. The summed E-state index contributed by atoms with van der Waals surface area (Å²) in [4.78, 5) is 6.68. The van der Waals surface area contributed by atoms with Crippen LogP contribution < -0.4 is 10.6 Å². The van der Waals surface area contributed by atoms with Crippen molar-refractivity contribution in [1.82, 2.24) is 4.98 Å². The summed E-state index contributed by atoms with van der Waals surface area (Å²) < 4.78 is 0. The van der Waals surface area contributed by atoms with Crippen LogP contribution in [0.3, 0.4) is 0 Å². The van der Waals surface area contributed by atoms with Crippen LogP contribution in [0.5, 0.6) is 0 Å². The molecule has 0 saturated heterocycles. The molecule has 3 nitrogen and oxygen atoms in total. The van der Waals surface area contributed by atoms with Gasteiger partial charge in [-0.05, 0) is 38.3 Å². The molecule has 1 heterocycles. The lowest BCUT2D eigenvalue weighted by Crippen LogP contribution is -2.27.